The molecule has 14 heavy (non-hydrogen) atoms. The van der Waals surface area contributed by atoms with E-state index in [-0.39, 0.29) is 5.54 Å². The molecule has 0 bridgehead atoms. The van der Waals surface area contributed by atoms with Gasteiger partial charge in [0, 0.05) is 18.6 Å². The lowest BCUT2D eigenvalue weighted by atomic mass is 10.0. The molecule has 0 amide bonds. The Balaban J connectivity index is 2.53. The monoisotopic (exact) mass is 202 g/mol. The predicted molar refractivity (Wildman–Crippen MR) is 52.1 cm³/mol. The normalized spacial score (nSPS) is 24.5. The van der Waals surface area contributed by atoms with Gasteiger partial charge in [-0.25, -0.2) is 0 Å². The maximum atomic E-state index is 10.6. The van der Waals surface area contributed by atoms with Crippen LogP contribution in [-0.4, -0.2) is 53.9 Å². The van der Waals surface area contributed by atoms with Gasteiger partial charge in [0.2, 0.25) is 0 Å². The number of carbonyl (C=O) groups is 1. The summed E-state index contributed by atoms with van der Waals surface area (Å²) in [5.74, 6) is -0.952. The summed E-state index contributed by atoms with van der Waals surface area (Å²) in [7, 11) is 0. The van der Waals surface area contributed by atoms with Crippen molar-refractivity contribution in [1.82, 2.24) is 4.90 Å². The molecule has 1 aliphatic heterocycles. The zero-order chi connectivity index (χ0) is 10.8. The van der Waals surface area contributed by atoms with Crippen molar-refractivity contribution in [2.75, 3.05) is 26.3 Å². The second-order valence-electron chi connectivity index (χ2n) is 4.26. The Kier molecular flexibility index (Phi) is 3.47. The fraction of sp³-hybridized carbons (Fsp3) is 0.889. The summed E-state index contributed by atoms with van der Waals surface area (Å²) in [6.45, 7) is 6.45. The highest BCUT2D eigenvalue weighted by atomic mass is 16.5. The number of carboxylic acids is 1. The van der Waals surface area contributed by atoms with Crippen LogP contribution in [0.4, 0.5) is 0 Å². The fourth-order valence-corrected chi connectivity index (χ4v) is 1.54. The van der Waals surface area contributed by atoms with Crippen LogP contribution in [-0.2, 0) is 9.53 Å². The van der Waals surface area contributed by atoms with Crippen LogP contribution in [0.1, 0.15) is 13.8 Å². The third kappa shape index (κ3) is 2.67. The molecule has 0 aromatic rings. The number of hydrogen-bond acceptors (Lipinski definition) is 4. The molecule has 1 heterocycles. The van der Waals surface area contributed by atoms with Gasteiger partial charge < -0.3 is 15.6 Å². The average molecular weight is 202 g/mol. The largest absolute Gasteiger partial charge is 0.480 e. The Labute approximate surface area is 83.8 Å². The molecule has 1 aliphatic rings. The maximum absolute atomic E-state index is 10.6. The molecule has 1 fully saturated rings. The first-order valence-corrected chi connectivity index (χ1v) is 4.74. The van der Waals surface area contributed by atoms with Crippen molar-refractivity contribution in [1.29, 1.82) is 0 Å². The van der Waals surface area contributed by atoms with Crippen LogP contribution in [0.3, 0.4) is 0 Å². The van der Waals surface area contributed by atoms with Crippen LogP contribution in [0.5, 0.6) is 0 Å². The third-order valence-electron chi connectivity index (χ3n) is 2.55. The van der Waals surface area contributed by atoms with Gasteiger partial charge in [-0.2, -0.15) is 0 Å². The summed E-state index contributed by atoms with van der Waals surface area (Å²) in [6.07, 6.45) is 0. The summed E-state index contributed by atoms with van der Waals surface area (Å²) < 4.78 is 5.33. The van der Waals surface area contributed by atoms with Crippen LogP contribution in [0.25, 0.3) is 0 Å². The Morgan fingerprint density at radius 3 is 2.86 bits per heavy atom. The van der Waals surface area contributed by atoms with Gasteiger partial charge in [-0.15, -0.1) is 0 Å². The van der Waals surface area contributed by atoms with Gasteiger partial charge in [0.25, 0.3) is 0 Å². The molecular formula is C9H18N2O3. The van der Waals surface area contributed by atoms with Gasteiger partial charge >= 0.3 is 5.97 Å². The van der Waals surface area contributed by atoms with Crippen molar-refractivity contribution in [2.24, 2.45) is 5.73 Å². The first kappa shape index (κ1) is 11.4. The first-order chi connectivity index (χ1) is 6.43. The molecule has 5 heteroatoms. The topological polar surface area (TPSA) is 75.8 Å². The van der Waals surface area contributed by atoms with E-state index in [0.717, 1.165) is 6.54 Å². The molecule has 0 radical (unpaired) electrons. The zero-order valence-corrected chi connectivity index (χ0v) is 8.69. The lowest BCUT2D eigenvalue weighted by molar-refractivity contribution is -0.140. The van der Waals surface area contributed by atoms with E-state index in [1.807, 2.05) is 13.8 Å². The molecule has 1 unspecified atom stereocenters. The van der Waals surface area contributed by atoms with E-state index in [9.17, 15) is 4.79 Å². The van der Waals surface area contributed by atoms with Crippen molar-refractivity contribution < 1.29 is 14.6 Å². The van der Waals surface area contributed by atoms with Crippen LogP contribution >= 0.6 is 0 Å². The van der Waals surface area contributed by atoms with Crippen molar-refractivity contribution in [3.63, 3.8) is 0 Å². The molecule has 1 rings (SSSR count). The van der Waals surface area contributed by atoms with Gasteiger partial charge in [0.05, 0.1) is 13.2 Å². The van der Waals surface area contributed by atoms with E-state index in [1.165, 1.54) is 0 Å². The smallest absolute Gasteiger partial charge is 0.321 e. The lowest BCUT2D eigenvalue weighted by Gasteiger charge is -2.42. The van der Waals surface area contributed by atoms with E-state index < -0.39 is 12.0 Å². The first-order valence-electron chi connectivity index (χ1n) is 4.74. The SMILES string of the molecule is CC1(C)COCCN1CC(N)C(=O)O. The van der Waals surface area contributed by atoms with Gasteiger partial charge in [0.15, 0.2) is 0 Å². The standard InChI is InChI=1S/C9H18N2O3/c1-9(2)6-14-4-3-11(9)5-7(10)8(12)13/h7H,3-6,10H2,1-2H3,(H,12,13). The third-order valence-corrected chi connectivity index (χ3v) is 2.55. The summed E-state index contributed by atoms with van der Waals surface area (Å²) in [6, 6.07) is -0.813. The number of morpholine rings is 1. The van der Waals surface area contributed by atoms with Gasteiger partial charge in [-0.3, -0.25) is 9.69 Å². The van der Waals surface area contributed by atoms with Crippen LogP contribution in [0, 0.1) is 0 Å². The molecule has 0 aromatic heterocycles. The Morgan fingerprint density at radius 1 is 1.71 bits per heavy atom. The van der Waals surface area contributed by atoms with E-state index in [2.05, 4.69) is 4.90 Å². The van der Waals surface area contributed by atoms with Crippen LogP contribution < -0.4 is 5.73 Å². The number of aliphatic carboxylic acids is 1. The highest BCUT2D eigenvalue weighted by Gasteiger charge is 2.32. The van der Waals surface area contributed by atoms with Crippen LogP contribution in [0.15, 0.2) is 0 Å². The molecule has 5 nitrogen and oxygen atoms in total. The van der Waals surface area contributed by atoms with E-state index in [1.54, 1.807) is 0 Å². The Hall–Kier alpha value is -0.650. The second-order valence-corrected chi connectivity index (χ2v) is 4.26. The fourth-order valence-electron chi connectivity index (χ4n) is 1.54. The molecule has 1 saturated heterocycles. The number of nitrogens with two attached hydrogens (primary N) is 1. The summed E-state index contributed by atoms with van der Waals surface area (Å²) in [4.78, 5) is 12.7. The average Bonchev–Trinajstić information content (AvgIpc) is 2.08. The lowest BCUT2D eigenvalue weighted by Crippen LogP contribution is -2.57. The molecule has 0 spiro atoms. The molecule has 3 N–H and O–H groups in total. The van der Waals surface area contributed by atoms with Gasteiger partial charge in [0.1, 0.15) is 6.04 Å². The van der Waals surface area contributed by atoms with Gasteiger partial charge in [-0.1, -0.05) is 0 Å². The summed E-state index contributed by atoms with van der Waals surface area (Å²) in [5.41, 5.74) is 5.37. The summed E-state index contributed by atoms with van der Waals surface area (Å²) >= 11 is 0. The quantitative estimate of drug-likeness (QED) is 0.646. The van der Waals surface area contributed by atoms with Crippen molar-refractivity contribution >= 4 is 5.97 Å². The molecule has 82 valence electrons. The van der Waals surface area contributed by atoms with Crippen molar-refractivity contribution in [3.05, 3.63) is 0 Å². The highest BCUT2D eigenvalue weighted by molar-refractivity contribution is 5.73. The minimum atomic E-state index is -0.952. The number of hydrogen-bond donors (Lipinski definition) is 2. The van der Waals surface area contributed by atoms with Crippen molar-refractivity contribution in [3.8, 4) is 0 Å². The molecule has 0 aromatic carbocycles. The molecular weight excluding hydrogens is 184 g/mol. The summed E-state index contributed by atoms with van der Waals surface area (Å²) in [5, 5.41) is 8.70. The number of ether oxygens (including phenoxy) is 1. The minimum Gasteiger partial charge on any atom is -0.480 e. The zero-order valence-electron chi connectivity index (χ0n) is 8.69. The van der Waals surface area contributed by atoms with E-state index in [0.29, 0.717) is 19.8 Å². The number of nitrogens with zero attached hydrogens (tertiary/aromatic N) is 1. The van der Waals surface area contributed by atoms with E-state index in [4.69, 9.17) is 15.6 Å². The predicted octanol–water partition coefficient (Wildman–Crippen LogP) is -0.491. The molecule has 1 atom stereocenters. The number of rotatable bonds is 3. The van der Waals surface area contributed by atoms with Gasteiger partial charge in [-0.05, 0) is 13.8 Å². The maximum Gasteiger partial charge on any atom is 0.321 e. The highest BCUT2D eigenvalue weighted by Crippen LogP contribution is 2.18. The molecule has 0 aliphatic carbocycles. The molecule has 0 saturated carbocycles. The minimum absolute atomic E-state index is 0.120. The Morgan fingerprint density at radius 2 is 2.36 bits per heavy atom. The second kappa shape index (κ2) is 4.25. The van der Waals surface area contributed by atoms with E-state index >= 15 is 0 Å². The Bertz CT molecular complexity index is 218. The van der Waals surface area contributed by atoms with Crippen LogP contribution in [0.2, 0.25) is 0 Å². The number of carboxylic acid groups (broad SMARTS) is 1. The van der Waals surface area contributed by atoms with Crippen molar-refractivity contribution in [2.45, 2.75) is 25.4 Å².